The van der Waals surface area contributed by atoms with Crippen molar-refractivity contribution >= 4 is 15.9 Å². The van der Waals surface area contributed by atoms with Gasteiger partial charge < -0.3 is 9.64 Å². The second kappa shape index (κ2) is 10.4. The molecule has 0 radical (unpaired) electrons. The number of amides is 1. The summed E-state index contributed by atoms with van der Waals surface area (Å²) in [4.78, 5) is 17.9. The number of carbonyl (C=O) groups excluding carboxylic acids is 1. The van der Waals surface area contributed by atoms with Crippen molar-refractivity contribution in [2.45, 2.75) is 88.0 Å². The number of benzene rings is 1. The lowest BCUT2D eigenvalue weighted by atomic mass is 9.96. The van der Waals surface area contributed by atoms with E-state index in [-0.39, 0.29) is 35.1 Å². The average molecular weight is 478 g/mol. The molecule has 1 amide bonds. The van der Waals surface area contributed by atoms with Crippen LogP contribution >= 0.6 is 0 Å². The molecule has 1 aliphatic carbocycles. The maximum Gasteiger partial charge on any atom is 0.254 e. The minimum atomic E-state index is -3.55. The molecule has 184 valence electrons. The van der Waals surface area contributed by atoms with Gasteiger partial charge in [0.15, 0.2) is 0 Å². The smallest absolute Gasteiger partial charge is 0.254 e. The molecule has 3 aliphatic rings. The quantitative estimate of drug-likeness (QED) is 0.628. The van der Waals surface area contributed by atoms with Gasteiger partial charge in [-0.1, -0.05) is 19.3 Å². The highest BCUT2D eigenvalue weighted by Gasteiger charge is 2.33. The first-order valence-electron chi connectivity index (χ1n) is 12.5. The summed E-state index contributed by atoms with van der Waals surface area (Å²) in [7, 11) is -1.86. The summed E-state index contributed by atoms with van der Waals surface area (Å²) in [6.07, 6.45) is 7.61. The molecule has 4 rings (SSSR count). The number of nitrogens with zero attached hydrogens (tertiary/aromatic N) is 3. The molecule has 1 aromatic carbocycles. The van der Waals surface area contributed by atoms with Crippen LogP contribution in [0.4, 0.5) is 0 Å². The van der Waals surface area contributed by atoms with Gasteiger partial charge in [-0.25, -0.2) is 8.42 Å². The molecule has 2 saturated heterocycles. The summed E-state index contributed by atoms with van der Waals surface area (Å²) < 4.78 is 33.6. The maximum atomic E-state index is 13.3. The van der Waals surface area contributed by atoms with Gasteiger partial charge >= 0.3 is 0 Å². The van der Waals surface area contributed by atoms with Crippen molar-refractivity contribution in [2.75, 3.05) is 33.2 Å². The Morgan fingerprint density at radius 3 is 2.27 bits per heavy atom. The SMILES string of the molecule is CC1CN(CC2CCCN2C(=O)c2ccc(S(=O)(=O)N(C)C3CCCCC3)cc2)CC(C)O1. The molecule has 2 heterocycles. The van der Waals surface area contributed by atoms with Gasteiger partial charge in [-0.05, 0) is 63.8 Å². The molecular weight excluding hydrogens is 438 g/mol. The fourth-order valence-corrected chi connectivity index (χ4v) is 7.18. The zero-order chi connectivity index (χ0) is 23.6. The van der Waals surface area contributed by atoms with Crippen molar-refractivity contribution in [1.82, 2.24) is 14.1 Å². The first-order valence-corrected chi connectivity index (χ1v) is 14.0. The van der Waals surface area contributed by atoms with Crippen molar-refractivity contribution in [3.8, 4) is 0 Å². The lowest BCUT2D eigenvalue weighted by molar-refractivity contribution is -0.0715. The summed E-state index contributed by atoms with van der Waals surface area (Å²) in [6.45, 7) is 7.60. The number of sulfonamides is 1. The van der Waals surface area contributed by atoms with Crippen LogP contribution in [0.2, 0.25) is 0 Å². The normalized spacial score (nSPS) is 27.9. The van der Waals surface area contributed by atoms with Crippen LogP contribution in [0.3, 0.4) is 0 Å². The van der Waals surface area contributed by atoms with Gasteiger partial charge in [0, 0.05) is 50.9 Å². The second-order valence-corrected chi connectivity index (χ2v) is 12.1. The molecule has 8 heteroatoms. The van der Waals surface area contributed by atoms with E-state index in [4.69, 9.17) is 4.74 Å². The number of rotatable bonds is 6. The molecule has 0 aromatic heterocycles. The highest BCUT2D eigenvalue weighted by Crippen LogP contribution is 2.27. The number of carbonyl (C=O) groups is 1. The number of ether oxygens (including phenoxy) is 1. The Kier molecular flexibility index (Phi) is 7.78. The van der Waals surface area contributed by atoms with E-state index in [1.165, 1.54) is 10.7 Å². The van der Waals surface area contributed by atoms with Gasteiger partial charge in [-0.2, -0.15) is 4.31 Å². The zero-order valence-corrected chi connectivity index (χ0v) is 21.1. The van der Waals surface area contributed by atoms with Crippen molar-refractivity contribution in [1.29, 1.82) is 0 Å². The zero-order valence-electron chi connectivity index (χ0n) is 20.3. The van der Waals surface area contributed by atoms with Crippen molar-refractivity contribution in [3.63, 3.8) is 0 Å². The van der Waals surface area contributed by atoms with Crippen LogP contribution in [0.25, 0.3) is 0 Å². The summed E-state index contributed by atoms with van der Waals surface area (Å²) >= 11 is 0. The maximum absolute atomic E-state index is 13.3. The Morgan fingerprint density at radius 2 is 1.64 bits per heavy atom. The van der Waals surface area contributed by atoms with Gasteiger partial charge in [-0.3, -0.25) is 9.69 Å². The summed E-state index contributed by atoms with van der Waals surface area (Å²) in [5, 5.41) is 0. The average Bonchev–Trinajstić information content (AvgIpc) is 3.26. The van der Waals surface area contributed by atoms with E-state index in [1.807, 2.05) is 4.90 Å². The number of hydrogen-bond acceptors (Lipinski definition) is 5. The Hall–Kier alpha value is -1.48. The fraction of sp³-hybridized carbons (Fsp3) is 0.720. The molecule has 2 aliphatic heterocycles. The summed E-state index contributed by atoms with van der Waals surface area (Å²) in [6, 6.07) is 6.81. The van der Waals surface area contributed by atoms with Crippen LogP contribution in [0.1, 0.15) is 69.2 Å². The molecule has 0 N–H and O–H groups in total. The van der Waals surface area contributed by atoms with E-state index in [9.17, 15) is 13.2 Å². The van der Waals surface area contributed by atoms with Gasteiger partial charge in [0.05, 0.1) is 17.1 Å². The van der Waals surface area contributed by atoms with Gasteiger partial charge in [0.25, 0.3) is 5.91 Å². The van der Waals surface area contributed by atoms with Crippen molar-refractivity contribution in [3.05, 3.63) is 29.8 Å². The van der Waals surface area contributed by atoms with E-state index < -0.39 is 10.0 Å². The van der Waals surface area contributed by atoms with Crippen LogP contribution < -0.4 is 0 Å². The molecule has 3 unspecified atom stereocenters. The van der Waals surface area contributed by atoms with E-state index in [1.54, 1.807) is 31.3 Å². The standard InChI is InChI=1S/C25H39N3O4S/c1-19-16-27(17-20(2)32-19)18-23-10-7-15-28(23)25(29)21-11-13-24(14-12-21)33(30,31)26(3)22-8-5-4-6-9-22/h11-14,19-20,22-23H,4-10,15-18H2,1-3H3. The molecule has 7 nitrogen and oxygen atoms in total. The Morgan fingerprint density at radius 1 is 1.00 bits per heavy atom. The molecule has 3 atom stereocenters. The molecule has 33 heavy (non-hydrogen) atoms. The number of morpholine rings is 1. The highest BCUT2D eigenvalue weighted by atomic mass is 32.2. The van der Waals surface area contributed by atoms with Crippen LogP contribution in [0.15, 0.2) is 29.2 Å². The fourth-order valence-electron chi connectivity index (χ4n) is 5.77. The molecule has 1 saturated carbocycles. The topological polar surface area (TPSA) is 70.2 Å². The first-order chi connectivity index (χ1) is 15.8. The van der Waals surface area contributed by atoms with Crippen LogP contribution in [-0.2, 0) is 14.8 Å². The minimum absolute atomic E-state index is 0.00330. The van der Waals surface area contributed by atoms with Gasteiger partial charge in [0.2, 0.25) is 10.0 Å². The molecule has 3 fully saturated rings. The predicted octanol–water partition coefficient (Wildman–Crippen LogP) is 3.35. The third-order valence-corrected chi connectivity index (χ3v) is 9.39. The largest absolute Gasteiger partial charge is 0.373 e. The van der Waals surface area contributed by atoms with Crippen molar-refractivity contribution in [2.24, 2.45) is 0 Å². The van der Waals surface area contributed by atoms with Crippen LogP contribution in [0.5, 0.6) is 0 Å². The van der Waals surface area contributed by atoms with E-state index in [2.05, 4.69) is 18.7 Å². The Labute approximate surface area is 199 Å². The molecular formula is C25H39N3O4S. The highest BCUT2D eigenvalue weighted by molar-refractivity contribution is 7.89. The second-order valence-electron chi connectivity index (χ2n) is 10.1. The van der Waals surface area contributed by atoms with Crippen LogP contribution in [-0.4, -0.2) is 85.9 Å². The minimum Gasteiger partial charge on any atom is -0.373 e. The van der Waals surface area contributed by atoms with E-state index in [0.717, 1.165) is 64.7 Å². The third kappa shape index (κ3) is 5.61. The first kappa shape index (κ1) is 24.6. The Balaban J connectivity index is 1.42. The summed E-state index contributed by atoms with van der Waals surface area (Å²) in [5.41, 5.74) is 0.560. The summed E-state index contributed by atoms with van der Waals surface area (Å²) in [5.74, 6) is -0.00330. The Bertz CT molecular complexity index is 904. The van der Waals surface area contributed by atoms with E-state index >= 15 is 0 Å². The molecule has 0 bridgehead atoms. The lowest BCUT2D eigenvalue weighted by Gasteiger charge is -2.38. The lowest BCUT2D eigenvalue weighted by Crippen LogP contribution is -2.50. The number of hydrogen-bond donors (Lipinski definition) is 0. The third-order valence-electron chi connectivity index (χ3n) is 7.47. The van der Waals surface area contributed by atoms with E-state index in [0.29, 0.717) is 5.56 Å². The molecule has 1 aromatic rings. The monoisotopic (exact) mass is 477 g/mol. The molecule has 0 spiro atoms. The van der Waals surface area contributed by atoms with Crippen molar-refractivity contribution < 1.29 is 17.9 Å². The predicted molar refractivity (Wildman–Crippen MR) is 129 cm³/mol. The van der Waals surface area contributed by atoms with Gasteiger partial charge in [0.1, 0.15) is 0 Å². The number of likely N-dealkylation sites (tertiary alicyclic amines) is 1. The van der Waals surface area contributed by atoms with Crippen LogP contribution in [0, 0.1) is 0 Å². The van der Waals surface area contributed by atoms with Gasteiger partial charge in [-0.15, -0.1) is 0 Å².